The van der Waals surface area contributed by atoms with Crippen LogP contribution in [-0.2, 0) is 4.74 Å². The molecule has 1 amide bonds. The van der Waals surface area contributed by atoms with Gasteiger partial charge in [0.25, 0.3) is 5.91 Å². The first-order valence-corrected chi connectivity index (χ1v) is 6.31. The third-order valence-corrected chi connectivity index (χ3v) is 3.14. The highest BCUT2D eigenvalue weighted by Gasteiger charge is 2.34. The summed E-state index contributed by atoms with van der Waals surface area (Å²) in [6, 6.07) is 4.29. The normalized spacial score (nSPS) is 22.3. The van der Waals surface area contributed by atoms with Gasteiger partial charge in [0, 0.05) is 13.1 Å². The molecule has 1 aromatic carbocycles. The summed E-state index contributed by atoms with van der Waals surface area (Å²) in [5.41, 5.74) is 5.35. The quantitative estimate of drug-likeness (QED) is 0.791. The first kappa shape index (κ1) is 13.8. The fourth-order valence-electron chi connectivity index (χ4n) is 2.50. The van der Waals surface area contributed by atoms with E-state index in [1.54, 1.807) is 11.0 Å². The number of hydrogen-bond acceptors (Lipinski definition) is 3. The van der Waals surface area contributed by atoms with Crippen molar-refractivity contribution in [1.29, 1.82) is 0 Å². The predicted octanol–water partition coefficient (Wildman–Crippen LogP) is 2.05. The highest BCUT2D eigenvalue weighted by atomic mass is 19.1. The second-order valence-electron chi connectivity index (χ2n) is 5.57. The second kappa shape index (κ2) is 4.81. The molecule has 2 N–H and O–H groups in total. The van der Waals surface area contributed by atoms with Gasteiger partial charge in [-0.2, -0.15) is 0 Å². The van der Waals surface area contributed by atoms with E-state index in [4.69, 9.17) is 10.5 Å². The maximum absolute atomic E-state index is 13.4. The fraction of sp³-hybridized carbons (Fsp3) is 0.500. The smallest absolute Gasteiger partial charge is 0.256 e. The van der Waals surface area contributed by atoms with Crippen LogP contribution < -0.4 is 5.73 Å². The number of nitrogen functional groups attached to an aromatic ring is 1. The van der Waals surface area contributed by atoms with Crippen molar-refractivity contribution in [2.45, 2.75) is 32.5 Å². The average molecular weight is 266 g/mol. The van der Waals surface area contributed by atoms with Crippen molar-refractivity contribution in [1.82, 2.24) is 4.90 Å². The molecule has 4 nitrogen and oxygen atoms in total. The van der Waals surface area contributed by atoms with Gasteiger partial charge in [0.1, 0.15) is 5.82 Å². The third-order valence-electron chi connectivity index (χ3n) is 3.14. The number of hydrogen-bond donors (Lipinski definition) is 1. The van der Waals surface area contributed by atoms with Gasteiger partial charge in [-0.1, -0.05) is 6.07 Å². The molecule has 1 atom stereocenters. The monoisotopic (exact) mass is 266 g/mol. The van der Waals surface area contributed by atoms with Gasteiger partial charge in [0.15, 0.2) is 0 Å². The topological polar surface area (TPSA) is 55.6 Å². The Balaban J connectivity index is 2.26. The van der Waals surface area contributed by atoms with Crippen LogP contribution in [0.4, 0.5) is 10.1 Å². The molecule has 1 aromatic rings. The molecule has 0 radical (unpaired) electrons. The van der Waals surface area contributed by atoms with Crippen molar-refractivity contribution in [2.24, 2.45) is 0 Å². The molecule has 1 aliphatic heterocycles. The molecule has 0 aromatic heterocycles. The average Bonchev–Trinajstić information content (AvgIpc) is 2.29. The van der Waals surface area contributed by atoms with Gasteiger partial charge in [0.2, 0.25) is 0 Å². The van der Waals surface area contributed by atoms with Gasteiger partial charge in [-0.3, -0.25) is 4.79 Å². The molecule has 0 aliphatic carbocycles. The fourth-order valence-corrected chi connectivity index (χ4v) is 2.50. The minimum atomic E-state index is -0.564. The Kier molecular flexibility index (Phi) is 3.49. The van der Waals surface area contributed by atoms with E-state index in [0.717, 1.165) is 0 Å². The highest BCUT2D eigenvalue weighted by molar-refractivity contribution is 5.99. The van der Waals surface area contributed by atoms with Gasteiger partial charge in [-0.15, -0.1) is 0 Å². The van der Waals surface area contributed by atoms with Crippen LogP contribution in [0.2, 0.25) is 0 Å². The summed E-state index contributed by atoms with van der Waals surface area (Å²) in [6.45, 7) is 6.72. The SMILES string of the molecule is CC1CN(C(=O)c2cccc(F)c2N)CC(C)(C)O1. The summed E-state index contributed by atoms with van der Waals surface area (Å²) in [5.74, 6) is -0.813. The van der Waals surface area contributed by atoms with Crippen LogP contribution in [0.15, 0.2) is 18.2 Å². The Morgan fingerprint density at radius 1 is 1.53 bits per heavy atom. The minimum absolute atomic E-state index is 0.0533. The van der Waals surface area contributed by atoms with E-state index in [0.29, 0.717) is 13.1 Å². The Morgan fingerprint density at radius 3 is 2.84 bits per heavy atom. The van der Waals surface area contributed by atoms with E-state index in [2.05, 4.69) is 0 Å². The van der Waals surface area contributed by atoms with Crippen LogP contribution in [0.3, 0.4) is 0 Å². The van der Waals surface area contributed by atoms with E-state index < -0.39 is 11.4 Å². The van der Waals surface area contributed by atoms with Gasteiger partial charge in [-0.25, -0.2) is 4.39 Å². The summed E-state index contributed by atoms with van der Waals surface area (Å²) in [5, 5.41) is 0. The van der Waals surface area contributed by atoms with Crippen LogP contribution >= 0.6 is 0 Å². The molecule has 0 saturated carbocycles. The second-order valence-corrected chi connectivity index (χ2v) is 5.57. The predicted molar refractivity (Wildman–Crippen MR) is 71.3 cm³/mol. The van der Waals surface area contributed by atoms with E-state index in [-0.39, 0.29) is 23.3 Å². The molecule has 1 aliphatic rings. The molecule has 1 fully saturated rings. The van der Waals surface area contributed by atoms with Crippen LogP contribution in [0, 0.1) is 5.82 Å². The number of nitrogens with zero attached hydrogens (tertiary/aromatic N) is 1. The number of morpholine rings is 1. The lowest BCUT2D eigenvalue weighted by atomic mass is 10.0. The summed E-state index contributed by atoms with van der Waals surface area (Å²) >= 11 is 0. The number of anilines is 1. The van der Waals surface area contributed by atoms with Crippen molar-refractivity contribution >= 4 is 11.6 Å². The van der Waals surface area contributed by atoms with Crippen molar-refractivity contribution in [3.05, 3.63) is 29.6 Å². The van der Waals surface area contributed by atoms with Crippen LogP contribution in [-0.4, -0.2) is 35.6 Å². The molecule has 0 spiro atoms. The number of halogens is 1. The molecule has 2 rings (SSSR count). The van der Waals surface area contributed by atoms with Crippen LogP contribution in [0.25, 0.3) is 0 Å². The minimum Gasteiger partial charge on any atom is -0.396 e. The Bertz CT molecular complexity index is 502. The number of nitrogens with two attached hydrogens (primary N) is 1. The number of para-hydroxylation sites is 1. The molecule has 104 valence electrons. The summed E-state index contributed by atoms with van der Waals surface area (Å²) < 4.78 is 19.2. The Hall–Kier alpha value is -1.62. The van der Waals surface area contributed by atoms with Gasteiger partial charge in [0.05, 0.1) is 23.0 Å². The first-order valence-electron chi connectivity index (χ1n) is 6.31. The number of amides is 1. The molecular weight excluding hydrogens is 247 g/mol. The van der Waals surface area contributed by atoms with Crippen molar-refractivity contribution < 1.29 is 13.9 Å². The van der Waals surface area contributed by atoms with E-state index in [1.807, 2.05) is 20.8 Å². The van der Waals surface area contributed by atoms with E-state index >= 15 is 0 Å². The molecule has 19 heavy (non-hydrogen) atoms. The zero-order chi connectivity index (χ0) is 14.2. The van der Waals surface area contributed by atoms with Crippen molar-refractivity contribution in [3.63, 3.8) is 0 Å². The molecule has 0 bridgehead atoms. The van der Waals surface area contributed by atoms with Crippen LogP contribution in [0.1, 0.15) is 31.1 Å². The largest absolute Gasteiger partial charge is 0.396 e. The first-order chi connectivity index (χ1) is 8.80. The number of carbonyl (C=O) groups excluding carboxylic acids is 1. The summed E-state index contributed by atoms with van der Waals surface area (Å²) in [4.78, 5) is 14.1. The summed E-state index contributed by atoms with van der Waals surface area (Å²) in [6.07, 6.45) is -0.0533. The third kappa shape index (κ3) is 2.87. The Labute approximate surface area is 112 Å². The van der Waals surface area contributed by atoms with Gasteiger partial charge < -0.3 is 15.4 Å². The summed E-state index contributed by atoms with van der Waals surface area (Å²) in [7, 11) is 0. The number of ether oxygens (including phenoxy) is 1. The molecular formula is C14H19FN2O2. The molecule has 1 heterocycles. The van der Waals surface area contributed by atoms with Crippen molar-refractivity contribution in [3.8, 4) is 0 Å². The van der Waals surface area contributed by atoms with Gasteiger partial charge >= 0.3 is 0 Å². The number of benzene rings is 1. The zero-order valence-electron chi connectivity index (χ0n) is 11.4. The lowest BCUT2D eigenvalue weighted by molar-refractivity contribution is -0.118. The molecule has 5 heteroatoms. The number of carbonyl (C=O) groups is 1. The van der Waals surface area contributed by atoms with Crippen LogP contribution in [0.5, 0.6) is 0 Å². The Morgan fingerprint density at radius 2 is 2.21 bits per heavy atom. The number of rotatable bonds is 1. The van der Waals surface area contributed by atoms with Crippen molar-refractivity contribution in [2.75, 3.05) is 18.8 Å². The maximum Gasteiger partial charge on any atom is 0.256 e. The highest BCUT2D eigenvalue weighted by Crippen LogP contribution is 2.24. The maximum atomic E-state index is 13.4. The van der Waals surface area contributed by atoms with E-state index in [9.17, 15) is 9.18 Å². The zero-order valence-corrected chi connectivity index (χ0v) is 11.4. The lowest BCUT2D eigenvalue weighted by Crippen LogP contribution is -2.53. The standard InChI is InChI=1S/C14H19FN2O2/c1-9-7-17(8-14(2,3)19-9)13(18)10-5-4-6-11(15)12(10)16/h4-6,9H,7-8,16H2,1-3H3. The molecule has 1 unspecified atom stereocenters. The van der Waals surface area contributed by atoms with E-state index in [1.165, 1.54) is 12.1 Å². The molecule has 1 saturated heterocycles. The lowest BCUT2D eigenvalue weighted by Gasteiger charge is -2.41. The van der Waals surface area contributed by atoms with Gasteiger partial charge in [-0.05, 0) is 32.9 Å².